The Hall–Kier alpha value is -3.85. The van der Waals surface area contributed by atoms with Gasteiger partial charge in [-0.3, -0.25) is 9.59 Å². The zero-order chi connectivity index (χ0) is 27.9. The Kier molecular flexibility index (Phi) is 9.52. The zero-order valence-electron chi connectivity index (χ0n) is 22.6. The number of methoxy groups -OCH3 is 1. The first-order valence-electron chi connectivity index (χ1n) is 12.4. The Balaban J connectivity index is 2.02. The predicted octanol–water partition coefficient (Wildman–Crippen LogP) is 4.88. The Morgan fingerprint density at radius 1 is 1.05 bits per heavy atom. The number of nitrogens with one attached hydrogen (secondary N) is 1. The summed E-state index contributed by atoms with van der Waals surface area (Å²) in [6.07, 6.45) is 2.34. The summed E-state index contributed by atoms with van der Waals surface area (Å²) in [6.45, 7) is 9.56. The molecule has 202 valence electrons. The van der Waals surface area contributed by atoms with Gasteiger partial charge in [0.15, 0.2) is 11.6 Å². The number of halogens is 1. The van der Waals surface area contributed by atoms with Crippen molar-refractivity contribution in [1.82, 2.24) is 15.3 Å². The highest BCUT2D eigenvalue weighted by Gasteiger charge is 2.22. The first kappa shape index (κ1) is 28.7. The summed E-state index contributed by atoms with van der Waals surface area (Å²) >= 11 is 0. The van der Waals surface area contributed by atoms with Crippen LogP contribution in [0, 0.1) is 5.82 Å². The van der Waals surface area contributed by atoms with Crippen LogP contribution < -0.4 is 10.1 Å². The van der Waals surface area contributed by atoms with E-state index in [2.05, 4.69) is 15.3 Å². The van der Waals surface area contributed by atoms with Crippen molar-refractivity contribution in [3.8, 4) is 28.3 Å². The Bertz CT molecular complexity index is 1270. The number of hydrogen-bond acceptors (Lipinski definition) is 8. The van der Waals surface area contributed by atoms with Gasteiger partial charge in [0.1, 0.15) is 17.4 Å². The van der Waals surface area contributed by atoms with E-state index in [0.717, 1.165) is 34.6 Å². The van der Waals surface area contributed by atoms with E-state index >= 15 is 0 Å². The second-order valence-corrected chi connectivity index (χ2v) is 9.75. The van der Waals surface area contributed by atoms with Gasteiger partial charge < -0.3 is 19.5 Å². The van der Waals surface area contributed by atoms with Crippen LogP contribution in [0.3, 0.4) is 0 Å². The van der Waals surface area contributed by atoms with Crippen molar-refractivity contribution in [2.45, 2.75) is 59.2 Å². The SMILES string of the molecule is CCOC(=O)Cc1ccc(OC)c(-c2ccc(-c3ncc(F)cn3)cc2CNC(C)C(=O)OC(C)(C)C)c1. The van der Waals surface area contributed by atoms with Gasteiger partial charge in [-0.15, -0.1) is 0 Å². The molecule has 38 heavy (non-hydrogen) atoms. The number of rotatable bonds is 10. The van der Waals surface area contributed by atoms with Gasteiger partial charge in [-0.2, -0.15) is 0 Å². The van der Waals surface area contributed by atoms with Gasteiger partial charge in [0, 0.05) is 17.7 Å². The molecule has 0 amide bonds. The standard InChI is InChI=1S/C29H34FN3O5/c1-7-37-26(34)13-19-8-11-25(36-6)24(12-19)23-10-9-20(27-32-16-22(30)17-33-27)14-21(23)15-31-18(2)28(35)38-29(3,4)5/h8-12,14,16-18,31H,7,13,15H2,1-6H3. The maximum Gasteiger partial charge on any atom is 0.323 e. The van der Waals surface area contributed by atoms with Crippen LogP contribution in [0.2, 0.25) is 0 Å². The van der Waals surface area contributed by atoms with Gasteiger partial charge >= 0.3 is 11.9 Å². The number of ether oxygens (including phenoxy) is 3. The Labute approximate surface area is 222 Å². The molecule has 0 aliphatic rings. The molecule has 0 aliphatic carbocycles. The number of hydrogen-bond donors (Lipinski definition) is 1. The molecule has 0 bridgehead atoms. The zero-order valence-corrected chi connectivity index (χ0v) is 22.6. The van der Waals surface area contributed by atoms with E-state index < -0.39 is 17.5 Å². The van der Waals surface area contributed by atoms with Gasteiger partial charge in [-0.1, -0.05) is 18.2 Å². The minimum absolute atomic E-state index is 0.121. The average molecular weight is 524 g/mol. The molecule has 0 spiro atoms. The molecule has 0 aliphatic heterocycles. The molecule has 1 unspecified atom stereocenters. The first-order chi connectivity index (χ1) is 18.0. The highest BCUT2D eigenvalue weighted by atomic mass is 19.1. The molecule has 0 radical (unpaired) electrons. The van der Waals surface area contributed by atoms with Crippen molar-refractivity contribution < 1.29 is 28.2 Å². The highest BCUT2D eigenvalue weighted by Crippen LogP contribution is 2.35. The number of aromatic nitrogens is 2. The topological polar surface area (TPSA) is 99.6 Å². The Morgan fingerprint density at radius 3 is 2.39 bits per heavy atom. The summed E-state index contributed by atoms with van der Waals surface area (Å²) in [7, 11) is 1.58. The van der Waals surface area contributed by atoms with Crippen LogP contribution in [0.1, 0.15) is 45.7 Å². The number of esters is 2. The lowest BCUT2D eigenvalue weighted by molar-refractivity contribution is -0.157. The molecule has 1 aromatic heterocycles. The molecule has 1 atom stereocenters. The third-order valence-corrected chi connectivity index (χ3v) is 5.55. The minimum atomic E-state index is -0.606. The van der Waals surface area contributed by atoms with E-state index in [1.54, 1.807) is 27.0 Å². The van der Waals surface area contributed by atoms with Crippen LogP contribution in [0.15, 0.2) is 48.8 Å². The lowest BCUT2D eigenvalue weighted by atomic mass is 9.94. The third-order valence-electron chi connectivity index (χ3n) is 5.55. The molecule has 0 saturated carbocycles. The first-order valence-corrected chi connectivity index (χ1v) is 12.4. The maximum absolute atomic E-state index is 13.4. The molecule has 3 rings (SSSR count). The van der Waals surface area contributed by atoms with Crippen LogP contribution in [0.25, 0.3) is 22.5 Å². The summed E-state index contributed by atoms with van der Waals surface area (Å²) in [5.74, 6) is -0.236. The molecule has 0 fully saturated rings. The quantitative estimate of drug-likeness (QED) is 0.375. The van der Waals surface area contributed by atoms with Gasteiger partial charge in [-0.05, 0) is 69.5 Å². The van der Waals surface area contributed by atoms with Crippen molar-refractivity contribution in [1.29, 1.82) is 0 Å². The summed E-state index contributed by atoms with van der Waals surface area (Å²) in [5, 5.41) is 3.23. The van der Waals surface area contributed by atoms with Crippen molar-refractivity contribution in [2.24, 2.45) is 0 Å². The van der Waals surface area contributed by atoms with E-state index in [4.69, 9.17) is 14.2 Å². The summed E-state index contributed by atoms with van der Waals surface area (Å²) < 4.78 is 29.6. The number of nitrogens with zero attached hydrogens (tertiary/aromatic N) is 2. The van der Waals surface area contributed by atoms with E-state index in [9.17, 15) is 14.0 Å². The second-order valence-electron chi connectivity index (χ2n) is 9.75. The molecule has 9 heteroatoms. The van der Waals surface area contributed by atoms with E-state index in [1.165, 1.54) is 0 Å². The number of carbonyl (C=O) groups is 2. The van der Waals surface area contributed by atoms with E-state index in [1.807, 2.05) is 51.1 Å². The van der Waals surface area contributed by atoms with E-state index in [-0.39, 0.29) is 18.4 Å². The highest BCUT2D eigenvalue weighted by molar-refractivity contribution is 5.79. The van der Waals surface area contributed by atoms with Gasteiger partial charge in [0.2, 0.25) is 0 Å². The van der Waals surface area contributed by atoms with Gasteiger partial charge in [-0.25, -0.2) is 14.4 Å². The number of benzene rings is 2. The molecular formula is C29H34FN3O5. The average Bonchev–Trinajstić information content (AvgIpc) is 2.86. The normalized spacial score (nSPS) is 12.1. The summed E-state index contributed by atoms with van der Waals surface area (Å²) in [6, 6.07) is 10.5. The van der Waals surface area contributed by atoms with Crippen molar-refractivity contribution >= 4 is 11.9 Å². The lowest BCUT2D eigenvalue weighted by Gasteiger charge is -2.23. The summed E-state index contributed by atoms with van der Waals surface area (Å²) in [4.78, 5) is 32.8. The van der Waals surface area contributed by atoms with Gasteiger partial charge in [0.25, 0.3) is 0 Å². The molecule has 2 aromatic carbocycles. The molecule has 1 heterocycles. The predicted molar refractivity (Wildman–Crippen MR) is 142 cm³/mol. The number of carbonyl (C=O) groups excluding carboxylic acids is 2. The minimum Gasteiger partial charge on any atom is -0.496 e. The van der Waals surface area contributed by atoms with Crippen molar-refractivity contribution in [3.63, 3.8) is 0 Å². The van der Waals surface area contributed by atoms with Crippen LogP contribution in [0.4, 0.5) is 4.39 Å². The largest absolute Gasteiger partial charge is 0.496 e. The maximum atomic E-state index is 13.4. The lowest BCUT2D eigenvalue weighted by Crippen LogP contribution is -2.38. The summed E-state index contributed by atoms with van der Waals surface area (Å²) in [5.41, 5.74) is 3.25. The van der Waals surface area contributed by atoms with Crippen LogP contribution in [-0.4, -0.2) is 47.3 Å². The fourth-order valence-corrected chi connectivity index (χ4v) is 3.79. The molecule has 8 nitrogen and oxygen atoms in total. The molecule has 0 saturated heterocycles. The monoisotopic (exact) mass is 523 g/mol. The van der Waals surface area contributed by atoms with Gasteiger partial charge in [0.05, 0.1) is 32.5 Å². The third kappa shape index (κ3) is 7.82. The molecule has 3 aromatic rings. The fourth-order valence-electron chi connectivity index (χ4n) is 3.79. The Morgan fingerprint density at radius 2 is 1.76 bits per heavy atom. The van der Waals surface area contributed by atoms with Crippen molar-refractivity contribution in [2.75, 3.05) is 13.7 Å². The van der Waals surface area contributed by atoms with Crippen LogP contribution in [0.5, 0.6) is 5.75 Å². The second kappa shape index (κ2) is 12.6. The van der Waals surface area contributed by atoms with Crippen LogP contribution >= 0.6 is 0 Å². The van der Waals surface area contributed by atoms with E-state index in [0.29, 0.717) is 30.3 Å². The smallest absolute Gasteiger partial charge is 0.323 e. The van der Waals surface area contributed by atoms with Crippen molar-refractivity contribution in [3.05, 3.63) is 65.7 Å². The van der Waals surface area contributed by atoms with Crippen LogP contribution in [-0.2, 0) is 32.0 Å². The molecule has 1 N–H and O–H groups in total. The molecular weight excluding hydrogens is 489 g/mol. The fraction of sp³-hybridized carbons (Fsp3) is 0.379.